The molecule has 2 heterocycles. The number of fused-ring (bicyclic) bond motifs is 1. The van der Waals surface area contributed by atoms with Gasteiger partial charge in [-0.15, -0.1) is 0 Å². The third-order valence-electron chi connectivity index (χ3n) is 4.14. The highest BCUT2D eigenvalue weighted by atomic mass is 79.9. The van der Waals surface area contributed by atoms with Crippen molar-refractivity contribution in [2.24, 2.45) is 5.92 Å². The Hall–Kier alpha value is -1.36. The zero-order valence-corrected chi connectivity index (χ0v) is 12.8. The van der Waals surface area contributed by atoms with Crippen LogP contribution in [0.1, 0.15) is 24.0 Å². The normalized spacial score (nSPS) is 22.1. The highest BCUT2D eigenvalue weighted by Crippen LogP contribution is 2.27. The molecule has 2 aliphatic rings. The van der Waals surface area contributed by atoms with E-state index in [1.54, 1.807) is 0 Å². The summed E-state index contributed by atoms with van der Waals surface area (Å²) in [5.74, 6) is 0.180. The van der Waals surface area contributed by atoms with Crippen LogP contribution in [-0.4, -0.2) is 29.8 Å². The van der Waals surface area contributed by atoms with Crippen LogP contribution in [-0.2, 0) is 22.6 Å². The molecule has 0 radical (unpaired) electrons. The second-order valence-corrected chi connectivity index (χ2v) is 6.28. The Labute approximate surface area is 126 Å². The largest absolute Gasteiger partial charge is 0.355 e. The fourth-order valence-corrected chi connectivity index (χ4v) is 3.56. The van der Waals surface area contributed by atoms with E-state index in [1.165, 1.54) is 11.1 Å². The van der Waals surface area contributed by atoms with Gasteiger partial charge in [0.25, 0.3) is 0 Å². The lowest BCUT2D eigenvalue weighted by atomic mass is 9.94. The Morgan fingerprint density at radius 3 is 2.95 bits per heavy atom. The smallest absolute Gasteiger partial charge is 0.227 e. The number of rotatable bonds is 1. The van der Waals surface area contributed by atoms with E-state index in [9.17, 15) is 9.59 Å². The first-order valence-electron chi connectivity index (χ1n) is 6.97. The standard InChI is InChI=1S/C15H17BrN2O2/c16-13-3-1-2-11-9-18(7-6-12(11)13)15(20)10-4-5-14(19)17-8-10/h1-3,10H,4-9H2,(H,17,19). The highest BCUT2D eigenvalue weighted by Gasteiger charge is 2.30. The third-order valence-corrected chi connectivity index (χ3v) is 4.88. The van der Waals surface area contributed by atoms with E-state index in [1.807, 2.05) is 17.0 Å². The Balaban J connectivity index is 1.70. The molecular formula is C15H17BrN2O2. The molecular weight excluding hydrogens is 320 g/mol. The van der Waals surface area contributed by atoms with Crippen molar-refractivity contribution >= 4 is 27.7 Å². The number of carbonyl (C=O) groups excluding carboxylic acids is 2. The molecule has 5 heteroatoms. The molecule has 1 unspecified atom stereocenters. The van der Waals surface area contributed by atoms with Crippen molar-refractivity contribution in [3.63, 3.8) is 0 Å². The van der Waals surface area contributed by atoms with Gasteiger partial charge in [0.15, 0.2) is 0 Å². The van der Waals surface area contributed by atoms with Gasteiger partial charge in [-0.3, -0.25) is 9.59 Å². The Bertz CT molecular complexity index is 549. The molecule has 0 saturated carbocycles. The molecule has 0 spiro atoms. The van der Waals surface area contributed by atoms with Gasteiger partial charge in [-0.1, -0.05) is 28.1 Å². The summed E-state index contributed by atoms with van der Waals surface area (Å²) in [6, 6.07) is 6.15. The number of carbonyl (C=O) groups is 2. The molecule has 2 amide bonds. The first-order chi connectivity index (χ1) is 9.65. The van der Waals surface area contributed by atoms with Crippen molar-refractivity contribution in [3.8, 4) is 0 Å². The van der Waals surface area contributed by atoms with Gasteiger partial charge in [0.05, 0.1) is 5.92 Å². The molecule has 1 saturated heterocycles. The maximum Gasteiger partial charge on any atom is 0.227 e. The maximum absolute atomic E-state index is 12.5. The number of halogens is 1. The second-order valence-electron chi connectivity index (χ2n) is 5.43. The van der Waals surface area contributed by atoms with Gasteiger partial charge in [0.1, 0.15) is 0 Å². The van der Waals surface area contributed by atoms with Crippen molar-refractivity contribution in [1.29, 1.82) is 0 Å². The molecule has 20 heavy (non-hydrogen) atoms. The molecule has 1 aromatic carbocycles. The lowest BCUT2D eigenvalue weighted by Gasteiger charge is -2.33. The predicted molar refractivity (Wildman–Crippen MR) is 79.0 cm³/mol. The maximum atomic E-state index is 12.5. The van der Waals surface area contributed by atoms with Gasteiger partial charge >= 0.3 is 0 Å². The first-order valence-corrected chi connectivity index (χ1v) is 7.76. The number of amides is 2. The van der Waals surface area contributed by atoms with E-state index >= 15 is 0 Å². The van der Waals surface area contributed by atoms with Crippen LogP contribution < -0.4 is 5.32 Å². The summed E-state index contributed by atoms with van der Waals surface area (Å²) >= 11 is 3.57. The summed E-state index contributed by atoms with van der Waals surface area (Å²) in [6.07, 6.45) is 2.03. The average molecular weight is 337 g/mol. The summed E-state index contributed by atoms with van der Waals surface area (Å²) in [6.45, 7) is 1.93. The molecule has 1 aromatic rings. The van der Waals surface area contributed by atoms with E-state index in [4.69, 9.17) is 0 Å². The third kappa shape index (κ3) is 2.59. The fourth-order valence-electron chi connectivity index (χ4n) is 2.95. The number of hydrogen-bond acceptors (Lipinski definition) is 2. The molecule has 106 valence electrons. The average Bonchev–Trinajstić information content (AvgIpc) is 2.47. The molecule has 1 N–H and O–H groups in total. The van der Waals surface area contributed by atoms with E-state index in [0.29, 0.717) is 25.9 Å². The van der Waals surface area contributed by atoms with Gasteiger partial charge in [-0.05, 0) is 30.0 Å². The van der Waals surface area contributed by atoms with Gasteiger partial charge in [-0.25, -0.2) is 0 Å². The van der Waals surface area contributed by atoms with Crippen LogP contribution >= 0.6 is 15.9 Å². The van der Waals surface area contributed by atoms with E-state index in [2.05, 4.69) is 27.3 Å². The van der Waals surface area contributed by atoms with Crippen LogP contribution in [0.5, 0.6) is 0 Å². The fraction of sp³-hybridized carbons (Fsp3) is 0.467. The Morgan fingerprint density at radius 1 is 1.35 bits per heavy atom. The van der Waals surface area contributed by atoms with Crippen molar-refractivity contribution in [2.75, 3.05) is 13.1 Å². The van der Waals surface area contributed by atoms with E-state index < -0.39 is 0 Å². The minimum absolute atomic E-state index is 0.0543. The van der Waals surface area contributed by atoms with Gasteiger partial charge in [0.2, 0.25) is 11.8 Å². The zero-order valence-electron chi connectivity index (χ0n) is 11.2. The lowest BCUT2D eigenvalue weighted by Crippen LogP contribution is -2.46. The number of piperidine rings is 1. The van der Waals surface area contributed by atoms with E-state index in [0.717, 1.165) is 17.4 Å². The molecule has 1 fully saturated rings. The van der Waals surface area contributed by atoms with Crippen LogP contribution in [0.2, 0.25) is 0 Å². The van der Waals surface area contributed by atoms with Crippen molar-refractivity contribution in [2.45, 2.75) is 25.8 Å². The monoisotopic (exact) mass is 336 g/mol. The molecule has 0 aromatic heterocycles. The molecule has 2 aliphatic heterocycles. The summed E-state index contributed by atoms with van der Waals surface area (Å²) in [4.78, 5) is 25.6. The minimum Gasteiger partial charge on any atom is -0.355 e. The quantitative estimate of drug-likeness (QED) is 0.850. The summed E-state index contributed by atoms with van der Waals surface area (Å²) < 4.78 is 1.13. The van der Waals surface area contributed by atoms with Crippen molar-refractivity contribution in [1.82, 2.24) is 10.2 Å². The summed E-state index contributed by atoms with van der Waals surface area (Å²) in [7, 11) is 0. The number of nitrogens with one attached hydrogen (secondary N) is 1. The lowest BCUT2D eigenvalue weighted by molar-refractivity contribution is -0.138. The summed E-state index contributed by atoms with van der Waals surface area (Å²) in [5, 5.41) is 2.79. The van der Waals surface area contributed by atoms with Gasteiger partial charge in [0, 0.05) is 30.5 Å². The summed E-state index contributed by atoms with van der Waals surface area (Å²) in [5.41, 5.74) is 2.53. The first kappa shape index (κ1) is 13.6. The van der Waals surface area contributed by atoms with Crippen LogP contribution in [0.4, 0.5) is 0 Å². The number of hydrogen-bond donors (Lipinski definition) is 1. The Kier molecular flexibility index (Phi) is 3.78. The molecule has 0 aliphatic carbocycles. The minimum atomic E-state index is -0.0543. The topological polar surface area (TPSA) is 49.4 Å². The Morgan fingerprint density at radius 2 is 2.20 bits per heavy atom. The van der Waals surface area contributed by atoms with Crippen molar-refractivity contribution < 1.29 is 9.59 Å². The van der Waals surface area contributed by atoms with Crippen LogP contribution in [0.15, 0.2) is 22.7 Å². The SMILES string of the molecule is O=C1CCC(C(=O)N2CCc3c(Br)cccc3C2)CN1. The molecule has 3 rings (SSSR count). The highest BCUT2D eigenvalue weighted by molar-refractivity contribution is 9.10. The molecule has 1 atom stereocenters. The van der Waals surface area contributed by atoms with E-state index in [-0.39, 0.29) is 17.7 Å². The predicted octanol–water partition coefficient (Wildman–Crippen LogP) is 1.86. The van der Waals surface area contributed by atoms with Gasteiger partial charge in [-0.2, -0.15) is 0 Å². The van der Waals surface area contributed by atoms with Crippen LogP contribution in [0.25, 0.3) is 0 Å². The number of nitrogens with zero attached hydrogens (tertiary/aromatic N) is 1. The second kappa shape index (κ2) is 5.56. The van der Waals surface area contributed by atoms with Crippen LogP contribution in [0.3, 0.4) is 0 Å². The zero-order chi connectivity index (χ0) is 14.1. The molecule has 4 nitrogen and oxygen atoms in total. The molecule has 0 bridgehead atoms. The van der Waals surface area contributed by atoms with Crippen LogP contribution in [0, 0.1) is 5.92 Å². The van der Waals surface area contributed by atoms with Gasteiger partial charge < -0.3 is 10.2 Å². The number of benzene rings is 1. The van der Waals surface area contributed by atoms with Crippen molar-refractivity contribution in [3.05, 3.63) is 33.8 Å².